The van der Waals surface area contributed by atoms with Crippen LogP contribution in [-0.2, 0) is 0 Å². The molecule has 3 rings (SSSR count). The lowest BCUT2D eigenvalue weighted by Gasteiger charge is -2.51. The molecule has 25 heavy (non-hydrogen) atoms. The first-order valence-corrected chi connectivity index (χ1v) is 9.10. The predicted octanol–water partition coefficient (Wildman–Crippen LogP) is 1.86. The van der Waals surface area contributed by atoms with Gasteiger partial charge in [0, 0.05) is 38.7 Å². The Labute approximate surface area is 153 Å². The number of carbonyl (C=O) groups is 1. The molecule has 2 fully saturated rings. The average Bonchev–Trinajstić information content (AvgIpc) is 2.50. The summed E-state index contributed by atoms with van der Waals surface area (Å²) in [7, 11) is 0. The van der Waals surface area contributed by atoms with Gasteiger partial charge in [0.15, 0.2) is 0 Å². The van der Waals surface area contributed by atoms with E-state index in [1.165, 1.54) is 0 Å². The summed E-state index contributed by atoms with van der Waals surface area (Å²) in [6.45, 7) is 5.24. The third kappa shape index (κ3) is 4.19. The van der Waals surface area contributed by atoms with Crippen molar-refractivity contribution in [2.45, 2.75) is 25.3 Å². The zero-order chi connectivity index (χ0) is 18.0. The number of amides is 2. The fourth-order valence-corrected chi connectivity index (χ4v) is 3.69. The highest BCUT2D eigenvalue weighted by Gasteiger charge is 2.44. The van der Waals surface area contributed by atoms with Crippen molar-refractivity contribution in [2.24, 2.45) is 11.7 Å². The van der Waals surface area contributed by atoms with E-state index in [1.54, 1.807) is 4.90 Å². The van der Waals surface area contributed by atoms with Crippen LogP contribution in [0.2, 0.25) is 5.02 Å². The van der Waals surface area contributed by atoms with Crippen molar-refractivity contribution in [3.05, 3.63) is 28.8 Å². The van der Waals surface area contributed by atoms with Crippen molar-refractivity contribution in [2.75, 3.05) is 39.4 Å². The molecule has 0 spiro atoms. The molecule has 3 N–H and O–H groups in total. The van der Waals surface area contributed by atoms with Gasteiger partial charge in [0.05, 0.1) is 17.2 Å². The molecule has 0 aromatic heterocycles. The molecule has 2 aliphatic rings. The lowest BCUT2D eigenvalue weighted by atomic mass is 9.86. The maximum atomic E-state index is 12.4. The van der Waals surface area contributed by atoms with Crippen LogP contribution in [-0.4, -0.2) is 65.9 Å². The molecular weight excluding hydrogens is 342 g/mol. The second kappa shape index (κ2) is 7.40. The van der Waals surface area contributed by atoms with Gasteiger partial charge in [-0.05, 0) is 37.5 Å². The number of benzene rings is 1. The summed E-state index contributed by atoms with van der Waals surface area (Å²) < 4.78 is 5.77. The van der Waals surface area contributed by atoms with Crippen molar-refractivity contribution in [3.63, 3.8) is 0 Å². The van der Waals surface area contributed by atoms with E-state index in [2.05, 4.69) is 0 Å². The number of aliphatic hydroxyl groups is 1. The lowest BCUT2D eigenvalue weighted by molar-refractivity contribution is 0.0263. The van der Waals surface area contributed by atoms with E-state index in [0.29, 0.717) is 55.9 Å². The SMILES string of the molecule is Cc1ccc(OCC2CN(C(=O)N3CC(N)(CCCO)C3)C2)c(Cl)c1. The van der Waals surface area contributed by atoms with Gasteiger partial charge < -0.3 is 25.4 Å². The van der Waals surface area contributed by atoms with Gasteiger partial charge in [-0.2, -0.15) is 0 Å². The molecule has 7 heteroatoms. The van der Waals surface area contributed by atoms with Crippen molar-refractivity contribution in [3.8, 4) is 5.75 Å². The van der Waals surface area contributed by atoms with Crippen molar-refractivity contribution < 1.29 is 14.6 Å². The molecule has 2 amide bonds. The Bertz CT molecular complexity index is 628. The predicted molar refractivity (Wildman–Crippen MR) is 97.0 cm³/mol. The zero-order valence-corrected chi connectivity index (χ0v) is 15.3. The van der Waals surface area contributed by atoms with Gasteiger partial charge in [-0.25, -0.2) is 4.79 Å². The van der Waals surface area contributed by atoms with Crippen LogP contribution in [0.1, 0.15) is 18.4 Å². The summed E-state index contributed by atoms with van der Waals surface area (Å²) in [4.78, 5) is 16.0. The van der Waals surface area contributed by atoms with Crippen LogP contribution < -0.4 is 10.5 Å². The summed E-state index contributed by atoms with van der Waals surface area (Å²) in [6, 6.07) is 5.78. The molecule has 0 aliphatic carbocycles. The third-order valence-corrected chi connectivity index (χ3v) is 5.20. The topological polar surface area (TPSA) is 79.0 Å². The second-order valence-electron chi connectivity index (χ2n) is 7.34. The maximum Gasteiger partial charge on any atom is 0.320 e. The molecule has 138 valence electrons. The van der Waals surface area contributed by atoms with Gasteiger partial charge in [0.25, 0.3) is 0 Å². The molecule has 2 heterocycles. The Kier molecular flexibility index (Phi) is 5.41. The molecular formula is C18H26ClN3O3. The quantitative estimate of drug-likeness (QED) is 0.804. The number of rotatable bonds is 6. The molecule has 0 unspecified atom stereocenters. The first-order chi connectivity index (χ1) is 11.9. The summed E-state index contributed by atoms with van der Waals surface area (Å²) in [5.74, 6) is 1.02. The lowest BCUT2D eigenvalue weighted by Crippen LogP contribution is -2.71. The molecule has 0 atom stereocenters. The largest absolute Gasteiger partial charge is 0.492 e. The van der Waals surface area contributed by atoms with E-state index >= 15 is 0 Å². The number of aryl methyl sites for hydroxylation is 1. The average molecular weight is 368 g/mol. The number of likely N-dealkylation sites (tertiary alicyclic amines) is 2. The second-order valence-corrected chi connectivity index (χ2v) is 7.75. The van der Waals surface area contributed by atoms with E-state index in [0.717, 1.165) is 12.0 Å². The fourth-order valence-electron chi connectivity index (χ4n) is 3.40. The normalized spacial score (nSPS) is 19.4. The van der Waals surface area contributed by atoms with Crippen molar-refractivity contribution in [1.29, 1.82) is 0 Å². The first kappa shape index (κ1) is 18.3. The van der Waals surface area contributed by atoms with E-state index in [1.807, 2.05) is 30.0 Å². The monoisotopic (exact) mass is 367 g/mol. The molecule has 2 saturated heterocycles. The van der Waals surface area contributed by atoms with E-state index < -0.39 is 0 Å². The standard InChI is InChI=1S/C18H26ClN3O3/c1-13-3-4-16(15(19)7-13)25-10-14-8-21(9-14)17(24)22-11-18(20,12-22)5-2-6-23/h3-4,7,14,23H,2,5-6,8-12,20H2,1H3. The highest BCUT2D eigenvalue weighted by Crippen LogP contribution is 2.29. The van der Waals surface area contributed by atoms with Gasteiger partial charge in [0.2, 0.25) is 0 Å². The van der Waals surface area contributed by atoms with Gasteiger partial charge in [0.1, 0.15) is 5.75 Å². The Hall–Kier alpha value is -1.50. The highest BCUT2D eigenvalue weighted by molar-refractivity contribution is 6.32. The molecule has 0 bridgehead atoms. The minimum Gasteiger partial charge on any atom is -0.492 e. The Morgan fingerprint density at radius 1 is 1.40 bits per heavy atom. The Morgan fingerprint density at radius 3 is 2.76 bits per heavy atom. The number of aliphatic hydroxyl groups excluding tert-OH is 1. The highest BCUT2D eigenvalue weighted by atomic mass is 35.5. The molecule has 6 nitrogen and oxygen atoms in total. The molecule has 1 aromatic carbocycles. The van der Waals surface area contributed by atoms with Crippen LogP contribution in [0.3, 0.4) is 0 Å². The zero-order valence-electron chi connectivity index (χ0n) is 14.6. The summed E-state index contributed by atoms with van der Waals surface area (Å²) in [5.41, 5.74) is 6.96. The maximum absolute atomic E-state index is 12.4. The van der Waals surface area contributed by atoms with Crippen LogP contribution in [0.25, 0.3) is 0 Å². The number of hydrogen-bond acceptors (Lipinski definition) is 4. The smallest absolute Gasteiger partial charge is 0.320 e. The number of hydrogen-bond donors (Lipinski definition) is 2. The van der Waals surface area contributed by atoms with Crippen molar-refractivity contribution in [1.82, 2.24) is 9.80 Å². The molecule has 0 radical (unpaired) electrons. The van der Waals surface area contributed by atoms with Crippen LogP contribution in [0.4, 0.5) is 4.79 Å². The van der Waals surface area contributed by atoms with Gasteiger partial charge in [-0.15, -0.1) is 0 Å². The van der Waals surface area contributed by atoms with E-state index in [-0.39, 0.29) is 18.2 Å². The number of urea groups is 1. The van der Waals surface area contributed by atoms with E-state index in [9.17, 15) is 4.79 Å². The van der Waals surface area contributed by atoms with E-state index in [4.69, 9.17) is 27.2 Å². The van der Waals surface area contributed by atoms with Gasteiger partial charge >= 0.3 is 6.03 Å². The minimum absolute atomic E-state index is 0.0506. The Morgan fingerprint density at radius 2 is 2.12 bits per heavy atom. The Balaban J connectivity index is 1.37. The molecule has 2 aliphatic heterocycles. The van der Waals surface area contributed by atoms with Crippen LogP contribution in [0.15, 0.2) is 18.2 Å². The van der Waals surface area contributed by atoms with Crippen LogP contribution in [0, 0.1) is 12.8 Å². The number of ether oxygens (including phenoxy) is 1. The number of nitrogens with two attached hydrogens (primary N) is 1. The summed E-state index contributed by atoms with van der Waals surface area (Å²) in [6.07, 6.45) is 1.43. The fraction of sp³-hybridized carbons (Fsp3) is 0.611. The summed E-state index contributed by atoms with van der Waals surface area (Å²) >= 11 is 6.16. The van der Waals surface area contributed by atoms with Crippen LogP contribution in [0.5, 0.6) is 5.75 Å². The minimum atomic E-state index is -0.325. The number of carbonyl (C=O) groups excluding carboxylic acids is 1. The van der Waals surface area contributed by atoms with Crippen LogP contribution >= 0.6 is 11.6 Å². The van der Waals surface area contributed by atoms with Crippen molar-refractivity contribution >= 4 is 17.6 Å². The van der Waals surface area contributed by atoms with Gasteiger partial charge in [-0.1, -0.05) is 17.7 Å². The number of halogens is 1. The summed E-state index contributed by atoms with van der Waals surface area (Å²) in [5, 5.41) is 9.51. The molecule has 0 saturated carbocycles. The third-order valence-electron chi connectivity index (χ3n) is 4.90. The molecule has 1 aromatic rings. The number of nitrogens with zero attached hydrogens (tertiary/aromatic N) is 2. The van der Waals surface area contributed by atoms with Gasteiger partial charge in [-0.3, -0.25) is 0 Å². The first-order valence-electron chi connectivity index (χ1n) is 8.73.